The number of aliphatic hydroxyl groups is 1. The molecule has 0 radical (unpaired) electrons. The summed E-state index contributed by atoms with van der Waals surface area (Å²) in [5, 5.41) is 9.25. The largest absolute Gasteiger partial charge is 0.415 e. The lowest BCUT2D eigenvalue weighted by Crippen LogP contribution is -2.45. The highest BCUT2D eigenvalue weighted by molar-refractivity contribution is 5.71. The Labute approximate surface area is 175 Å². The molecule has 2 bridgehead atoms. The molecule has 3 atom stereocenters. The van der Waals surface area contributed by atoms with Crippen LogP contribution in [-0.4, -0.2) is 35.3 Å². The van der Waals surface area contributed by atoms with E-state index in [0.717, 1.165) is 50.0 Å². The second-order valence-electron chi connectivity index (χ2n) is 9.64. The highest BCUT2D eigenvalue weighted by Crippen LogP contribution is 2.43. The third-order valence-electron chi connectivity index (χ3n) is 7.52. The van der Waals surface area contributed by atoms with Crippen molar-refractivity contribution in [2.45, 2.75) is 83.1 Å². The molecule has 4 rings (SSSR count). The lowest BCUT2D eigenvalue weighted by molar-refractivity contribution is 0.100. The highest BCUT2D eigenvalue weighted by atomic mass is 16.6. The molecule has 3 unspecified atom stereocenters. The predicted molar refractivity (Wildman–Crippen MR) is 115 cm³/mol. The van der Waals surface area contributed by atoms with E-state index in [-0.39, 0.29) is 18.7 Å². The molecule has 4 nitrogen and oxygen atoms in total. The third kappa shape index (κ3) is 5.53. The molecule has 3 aliphatic rings. The van der Waals surface area contributed by atoms with Gasteiger partial charge in [0.15, 0.2) is 0 Å². The maximum absolute atomic E-state index is 12.6. The summed E-state index contributed by atoms with van der Waals surface area (Å²) in [4.78, 5) is 14.4. The first-order valence-corrected chi connectivity index (χ1v) is 11.9. The molecular formula is C25H37NO3. The zero-order valence-corrected chi connectivity index (χ0v) is 17.7. The van der Waals surface area contributed by atoms with Gasteiger partial charge in [0, 0.05) is 19.2 Å². The number of hydrogen-bond donors (Lipinski definition) is 1. The number of hydrogen-bond acceptors (Lipinski definition) is 3. The number of carbonyl (C=O) groups is 1. The summed E-state index contributed by atoms with van der Waals surface area (Å²) in [6.45, 7) is 0.844. The van der Waals surface area contributed by atoms with E-state index in [4.69, 9.17) is 4.74 Å². The van der Waals surface area contributed by atoms with Gasteiger partial charge in [-0.05, 0) is 93.2 Å². The average molecular weight is 400 g/mol. The van der Waals surface area contributed by atoms with Crippen molar-refractivity contribution < 1.29 is 14.6 Å². The summed E-state index contributed by atoms with van der Waals surface area (Å²) in [5.74, 6) is 3.52. The quantitative estimate of drug-likeness (QED) is 0.680. The van der Waals surface area contributed by atoms with Gasteiger partial charge < -0.3 is 14.7 Å². The van der Waals surface area contributed by atoms with Crippen LogP contribution in [0, 0.1) is 17.8 Å². The van der Waals surface area contributed by atoms with Crippen LogP contribution in [0.5, 0.6) is 5.75 Å². The average Bonchev–Trinajstić information content (AvgIpc) is 2.74. The lowest BCUT2D eigenvalue weighted by atomic mass is 9.67. The molecule has 1 aromatic rings. The number of ether oxygens (including phenoxy) is 1. The van der Waals surface area contributed by atoms with E-state index in [0.29, 0.717) is 12.2 Å². The minimum Gasteiger partial charge on any atom is -0.410 e. The molecule has 1 aliphatic heterocycles. The Morgan fingerprint density at radius 1 is 0.966 bits per heavy atom. The highest BCUT2D eigenvalue weighted by Gasteiger charge is 2.31. The van der Waals surface area contributed by atoms with Crippen LogP contribution >= 0.6 is 0 Å². The standard InChI is InChI=1S/C25H37NO3/c27-15-13-23-6-1-2-14-26(23)25(28)29-24-11-9-19(10-12-24)7-8-22-17-20-4-3-5-21(16-20)18-22/h9-12,20-23,27H,1-8,13-18H2. The number of likely N-dealkylation sites (tertiary alicyclic amines) is 1. The smallest absolute Gasteiger partial charge is 0.410 e. The van der Waals surface area contributed by atoms with Crippen molar-refractivity contribution in [1.82, 2.24) is 4.90 Å². The maximum Gasteiger partial charge on any atom is 0.415 e. The van der Waals surface area contributed by atoms with Gasteiger partial charge in [-0.15, -0.1) is 0 Å². The Morgan fingerprint density at radius 2 is 1.72 bits per heavy atom. The Balaban J connectivity index is 1.26. The minimum absolute atomic E-state index is 0.107. The lowest BCUT2D eigenvalue weighted by Gasteiger charge is -2.39. The number of amides is 1. The summed E-state index contributed by atoms with van der Waals surface area (Å²) in [6, 6.07) is 8.22. The Hall–Kier alpha value is -1.55. The van der Waals surface area contributed by atoms with E-state index in [1.807, 2.05) is 12.1 Å². The molecule has 2 aliphatic carbocycles. The summed E-state index contributed by atoms with van der Waals surface area (Å²) < 4.78 is 5.64. The van der Waals surface area contributed by atoms with Crippen molar-refractivity contribution >= 4 is 6.09 Å². The van der Waals surface area contributed by atoms with Crippen molar-refractivity contribution in [3.05, 3.63) is 29.8 Å². The van der Waals surface area contributed by atoms with Crippen LogP contribution in [0.15, 0.2) is 24.3 Å². The fraction of sp³-hybridized carbons (Fsp3) is 0.720. The maximum atomic E-state index is 12.6. The number of rotatable bonds is 6. The second kappa shape index (κ2) is 9.97. The van der Waals surface area contributed by atoms with Crippen molar-refractivity contribution in [3.63, 3.8) is 0 Å². The van der Waals surface area contributed by atoms with Gasteiger partial charge in [0.25, 0.3) is 0 Å². The molecule has 29 heavy (non-hydrogen) atoms. The van der Waals surface area contributed by atoms with Crippen LogP contribution in [-0.2, 0) is 6.42 Å². The number of carbonyl (C=O) groups excluding carboxylic acids is 1. The molecule has 4 heteroatoms. The van der Waals surface area contributed by atoms with E-state index in [1.54, 1.807) is 4.90 Å². The van der Waals surface area contributed by atoms with Gasteiger partial charge >= 0.3 is 6.09 Å². The molecule has 1 saturated heterocycles. The van der Waals surface area contributed by atoms with Crippen molar-refractivity contribution in [2.75, 3.05) is 13.2 Å². The third-order valence-corrected chi connectivity index (χ3v) is 7.52. The van der Waals surface area contributed by atoms with Gasteiger partial charge in [-0.2, -0.15) is 0 Å². The molecule has 2 saturated carbocycles. The van der Waals surface area contributed by atoms with E-state index in [2.05, 4.69) is 12.1 Å². The normalized spacial score (nSPS) is 29.5. The number of aryl methyl sites for hydroxylation is 1. The van der Waals surface area contributed by atoms with Crippen molar-refractivity contribution in [3.8, 4) is 5.75 Å². The molecule has 0 spiro atoms. The van der Waals surface area contributed by atoms with Crippen LogP contribution in [0.2, 0.25) is 0 Å². The minimum atomic E-state index is -0.273. The number of aliphatic hydroxyl groups excluding tert-OH is 1. The molecule has 1 heterocycles. The summed E-state index contributed by atoms with van der Waals surface area (Å²) >= 11 is 0. The Morgan fingerprint density at radius 3 is 2.45 bits per heavy atom. The SMILES string of the molecule is O=C(Oc1ccc(CCC2CC3CCCC(C3)C2)cc1)N1CCCCC1CCO. The molecule has 0 aromatic heterocycles. The summed E-state index contributed by atoms with van der Waals surface area (Å²) in [7, 11) is 0. The molecule has 1 amide bonds. The summed E-state index contributed by atoms with van der Waals surface area (Å²) in [6.07, 6.45) is 14.6. The first-order chi connectivity index (χ1) is 14.2. The first kappa shape index (κ1) is 20.7. The number of nitrogens with zero attached hydrogens (tertiary/aromatic N) is 1. The van der Waals surface area contributed by atoms with Gasteiger partial charge in [-0.25, -0.2) is 4.79 Å². The van der Waals surface area contributed by atoms with Gasteiger partial charge in [0.2, 0.25) is 0 Å². The molecule has 3 fully saturated rings. The topological polar surface area (TPSA) is 49.8 Å². The van der Waals surface area contributed by atoms with E-state index >= 15 is 0 Å². The number of benzene rings is 1. The zero-order chi connectivity index (χ0) is 20.1. The molecular weight excluding hydrogens is 362 g/mol. The molecule has 1 aromatic carbocycles. The van der Waals surface area contributed by atoms with Crippen molar-refractivity contribution in [2.24, 2.45) is 17.8 Å². The number of fused-ring (bicyclic) bond motifs is 2. The monoisotopic (exact) mass is 399 g/mol. The summed E-state index contributed by atoms with van der Waals surface area (Å²) in [5.41, 5.74) is 1.34. The van der Waals surface area contributed by atoms with Crippen LogP contribution < -0.4 is 4.74 Å². The van der Waals surface area contributed by atoms with Gasteiger partial charge in [0.1, 0.15) is 5.75 Å². The van der Waals surface area contributed by atoms with E-state index < -0.39 is 0 Å². The van der Waals surface area contributed by atoms with Crippen LogP contribution in [0.1, 0.15) is 76.2 Å². The van der Waals surface area contributed by atoms with E-state index in [1.165, 1.54) is 50.5 Å². The fourth-order valence-corrected chi connectivity index (χ4v) is 6.05. The van der Waals surface area contributed by atoms with Crippen LogP contribution in [0.25, 0.3) is 0 Å². The molecule has 160 valence electrons. The predicted octanol–water partition coefficient (Wildman–Crippen LogP) is 5.57. The van der Waals surface area contributed by atoms with Gasteiger partial charge in [0.05, 0.1) is 0 Å². The Kier molecular flexibility index (Phi) is 7.12. The van der Waals surface area contributed by atoms with Crippen molar-refractivity contribution in [1.29, 1.82) is 0 Å². The fourth-order valence-electron chi connectivity index (χ4n) is 6.05. The first-order valence-electron chi connectivity index (χ1n) is 11.9. The van der Waals surface area contributed by atoms with Crippen LogP contribution in [0.3, 0.4) is 0 Å². The Bertz CT molecular complexity index is 645. The number of piperidine rings is 1. The zero-order valence-electron chi connectivity index (χ0n) is 17.7. The van der Waals surface area contributed by atoms with Crippen LogP contribution in [0.4, 0.5) is 4.79 Å². The van der Waals surface area contributed by atoms with Gasteiger partial charge in [-0.1, -0.05) is 31.4 Å². The van der Waals surface area contributed by atoms with E-state index in [9.17, 15) is 9.90 Å². The second-order valence-corrected chi connectivity index (χ2v) is 9.64. The molecule has 1 N–H and O–H groups in total. The van der Waals surface area contributed by atoms with Gasteiger partial charge in [-0.3, -0.25) is 0 Å².